The first-order valence-corrected chi connectivity index (χ1v) is 6.04. The second-order valence-electron chi connectivity index (χ2n) is 5.11. The van der Waals surface area contributed by atoms with Crippen molar-refractivity contribution in [2.24, 2.45) is 5.73 Å². The lowest BCUT2D eigenvalue weighted by Gasteiger charge is -2.17. The highest BCUT2D eigenvalue weighted by Crippen LogP contribution is 2.06. The van der Waals surface area contributed by atoms with Crippen LogP contribution in [-0.2, 0) is 17.8 Å². The fourth-order valence-electron chi connectivity index (χ4n) is 1.57. The smallest absolute Gasteiger partial charge is 0.222 e. The van der Waals surface area contributed by atoms with Crippen LogP contribution in [0.2, 0.25) is 0 Å². The molecule has 3 nitrogen and oxygen atoms in total. The number of benzene rings is 1. The Labute approximate surface area is 103 Å². The van der Waals surface area contributed by atoms with Crippen LogP contribution >= 0.6 is 0 Å². The summed E-state index contributed by atoms with van der Waals surface area (Å²) in [7, 11) is 0. The van der Waals surface area contributed by atoms with E-state index in [-0.39, 0.29) is 5.91 Å². The minimum absolute atomic E-state index is 0.00271. The molecule has 0 unspecified atom stereocenters. The van der Waals surface area contributed by atoms with E-state index in [0.29, 0.717) is 13.0 Å². The zero-order valence-corrected chi connectivity index (χ0v) is 10.9. The van der Waals surface area contributed by atoms with Crippen molar-refractivity contribution in [1.29, 1.82) is 0 Å². The number of hydrogen-bond donors (Lipinski definition) is 2. The molecule has 0 saturated heterocycles. The fraction of sp³-hybridized carbons (Fsp3) is 0.500. The molecule has 0 radical (unpaired) electrons. The maximum atomic E-state index is 11.6. The molecule has 0 aliphatic heterocycles. The first kappa shape index (κ1) is 13.7. The van der Waals surface area contributed by atoms with E-state index < -0.39 is 5.54 Å². The highest BCUT2D eigenvalue weighted by Gasteiger charge is 2.15. The van der Waals surface area contributed by atoms with E-state index in [2.05, 4.69) is 24.4 Å². The number of hydrogen-bond acceptors (Lipinski definition) is 2. The standard InChI is InChI=1S/C14H22N2O/c1-4-11-5-7-12(8-6-11)10-16-13(17)9-14(2,3)15/h5-8H,4,9-10,15H2,1-3H3,(H,16,17). The van der Waals surface area contributed by atoms with Crippen LogP contribution in [0.15, 0.2) is 24.3 Å². The van der Waals surface area contributed by atoms with Crippen molar-refractivity contribution in [2.75, 3.05) is 0 Å². The second kappa shape index (κ2) is 5.82. The van der Waals surface area contributed by atoms with Gasteiger partial charge in [-0.25, -0.2) is 0 Å². The number of carbonyl (C=O) groups is 1. The molecular weight excluding hydrogens is 212 g/mol. The summed E-state index contributed by atoms with van der Waals surface area (Å²) < 4.78 is 0. The number of carbonyl (C=O) groups excluding carboxylic acids is 1. The topological polar surface area (TPSA) is 55.1 Å². The zero-order valence-electron chi connectivity index (χ0n) is 10.9. The monoisotopic (exact) mass is 234 g/mol. The maximum absolute atomic E-state index is 11.6. The van der Waals surface area contributed by atoms with Crippen LogP contribution in [0.1, 0.15) is 38.3 Å². The third-order valence-corrected chi connectivity index (χ3v) is 2.54. The highest BCUT2D eigenvalue weighted by molar-refractivity contribution is 5.77. The van der Waals surface area contributed by atoms with Crippen molar-refractivity contribution in [2.45, 2.75) is 45.7 Å². The quantitative estimate of drug-likeness (QED) is 0.818. The molecule has 1 rings (SSSR count). The van der Waals surface area contributed by atoms with E-state index >= 15 is 0 Å². The summed E-state index contributed by atoms with van der Waals surface area (Å²) in [4.78, 5) is 11.6. The molecule has 0 atom stereocenters. The van der Waals surface area contributed by atoms with Crippen molar-refractivity contribution < 1.29 is 4.79 Å². The van der Waals surface area contributed by atoms with Crippen LogP contribution in [0.3, 0.4) is 0 Å². The van der Waals surface area contributed by atoms with Gasteiger partial charge in [0.15, 0.2) is 0 Å². The van der Waals surface area contributed by atoms with E-state index in [0.717, 1.165) is 12.0 Å². The Morgan fingerprint density at radius 3 is 2.24 bits per heavy atom. The highest BCUT2D eigenvalue weighted by atomic mass is 16.1. The Kier molecular flexibility index (Phi) is 4.70. The van der Waals surface area contributed by atoms with Crippen LogP contribution in [0.4, 0.5) is 0 Å². The van der Waals surface area contributed by atoms with E-state index in [1.165, 1.54) is 5.56 Å². The van der Waals surface area contributed by atoms with Crippen LogP contribution < -0.4 is 11.1 Å². The molecule has 0 aliphatic rings. The molecule has 1 aromatic rings. The average Bonchev–Trinajstić information content (AvgIpc) is 2.25. The van der Waals surface area contributed by atoms with Crippen molar-refractivity contribution in [3.63, 3.8) is 0 Å². The van der Waals surface area contributed by atoms with Crippen molar-refractivity contribution in [1.82, 2.24) is 5.32 Å². The first-order chi connectivity index (χ1) is 7.90. The van der Waals surface area contributed by atoms with Crippen molar-refractivity contribution in [3.8, 4) is 0 Å². The Morgan fingerprint density at radius 2 is 1.76 bits per heavy atom. The lowest BCUT2D eigenvalue weighted by Crippen LogP contribution is -2.38. The number of rotatable bonds is 5. The van der Waals surface area contributed by atoms with Crippen molar-refractivity contribution in [3.05, 3.63) is 35.4 Å². The summed E-state index contributed by atoms with van der Waals surface area (Å²) in [6.07, 6.45) is 1.38. The van der Waals surface area contributed by atoms with E-state index in [1.807, 2.05) is 26.0 Å². The Hall–Kier alpha value is -1.35. The average molecular weight is 234 g/mol. The summed E-state index contributed by atoms with van der Waals surface area (Å²) in [5, 5.41) is 2.87. The molecule has 0 heterocycles. The van der Waals surface area contributed by atoms with Gasteiger partial charge in [-0.15, -0.1) is 0 Å². The molecular formula is C14H22N2O. The predicted octanol–water partition coefficient (Wildman–Crippen LogP) is 1.99. The van der Waals surface area contributed by atoms with E-state index in [4.69, 9.17) is 5.73 Å². The summed E-state index contributed by atoms with van der Waals surface area (Å²) in [5.41, 5.74) is 7.76. The molecule has 0 aliphatic carbocycles. The number of nitrogens with two attached hydrogens (primary N) is 1. The molecule has 0 bridgehead atoms. The number of amides is 1. The molecule has 1 aromatic carbocycles. The van der Waals surface area contributed by atoms with Gasteiger partial charge in [0.1, 0.15) is 0 Å². The van der Waals surface area contributed by atoms with Gasteiger partial charge >= 0.3 is 0 Å². The molecule has 0 fully saturated rings. The van der Waals surface area contributed by atoms with Crippen LogP contribution in [0.25, 0.3) is 0 Å². The third-order valence-electron chi connectivity index (χ3n) is 2.54. The first-order valence-electron chi connectivity index (χ1n) is 6.04. The minimum Gasteiger partial charge on any atom is -0.352 e. The number of nitrogens with one attached hydrogen (secondary N) is 1. The van der Waals surface area contributed by atoms with Crippen LogP contribution in [-0.4, -0.2) is 11.4 Å². The lowest BCUT2D eigenvalue weighted by atomic mass is 10.0. The van der Waals surface area contributed by atoms with Gasteiger partial charge in [0, 0.05) is 18.5 Å². The van der Waals surface area contributed by atoms with E-state index in [9.17, 15) is 4.79 Å². The van der Waals surface area contributed by atoms with Crippen molar-refractivity contribution >= 4 is 5.91 Å². The van der Waals surface area contributed by atoms with Gasteiger partial charge in [-0.1, -0.05) is 31.2 Å². The molecule has 3 N–H and O–H groups in total. The minimum atomic E-state index is -0.448. The molecule has 3 heteroatoms. The second-order valence-corrected chi connectivity index (χ2v) is 5.11. The molecule has 0 aromatic heterocycles. The van der Waals surface area contributed by atoms with Gasteiger partial charge in [0.25, 0.3) is 0 Å². The molecule has 94 valence electrons. The molecule has 0 saturated carbocycles. The summed E-state index contributed by atoms with van der Waals surface area (Å²) in [5.74, 6) is -0.00271. The molecule has 0 spiro atoms. The lowest BCUT2D eigenvalue weighted by molar-refractivity contribution is -0.122. The third kappa shape index (κ3) is 5.50. The van der Waals surface area contributed by atoms with Gasteiger partial charge in [0.2, 0.25) is 5.91 Å². The van der Waals surface area contributed by atoms with Gasteiger partial charge < -0.3 is 11.1 Å². The largest absolute Gasteiger partial charge is 0.352 e. The van der Waals surface area contributed by atoms with Crippen LogP contribution in [0.5, 0.6) is 0 Å². The van der Waals surface area contributed by atoms with Gasteiger partial charge in [-0.2, -0.15) is 0 Å². The van der Waals surface area contributed by atoms with Gasteiger partial charge in [-0.05, 0) is 31.4 Å². The van der Waals surface area contributed by atoms with Crippen LogP contribution in [0, 0.1) is 0 Å². The number of aryl methyl sites for hydroxylation is 1. The van der Waals surface area contributed by atoms with Gasteiger partial charge in [-0.3, -0.25) is 4.79 Å². The fourth-order valence-corrected chi connectivity index (χ4v) is 1.57. The SMILES string of the molecule is CCc1ccc(CNC(=O)CC(C)(C)N)cc1. The Balaban J connectivity index is 2.42. The summed E-state index contributed by atoms with van der Waals surface area (Å²) >= 11 is 0. The molecule has 1 amide bonds. The Bertz CT molecular complexity index is 363. The summed E-state index contributed by atoms with van der Waals surface area (Å²) in [6.45, 7) is 6.39. The van der Waals surface area contributed by atoms with Gasteiger partial charge in [0.05, 0.1) is 0 Å². The Morgan fingerprint density at radius 1 is 1.24 bits per heavy atom. The molecule has 17 heavy (non-hydrogen) atoms. The normalized spacial score (nSPS) is 11.3. The van der Waals surface area contributed by atoms with E-state index in [1.54, 1.807) is 0 Å². The maximum Gasteiger partial charge on any atom is 0.222 e. The predicted molar refractivity (Wildman–Crippen MR) is 70.6 cm³/mol. The zero-order chi connectivity index (χ0) is 12.9. The summed E-state index contributed by atoms with van der Waals surface area (Å²) in [6, 6.07) is 8.28.